The Labute approximate surface area is 197 Å². The third-order valence-corrected chi connectivity index (χ3v) is 6.04. The van der Waals surface area contributed by atoms with Crippen molar-refractivity contribution < 1.29 is 29.3 Å². The van der Waals surface area contributed by atoms with Crippen molar-refractivity contribution in [2.24, 2.45) is 11.8 Å². The molecule has 3 rings (SSSR count). The number of aromatic nitrogens is 1. The van der Waals surface area contributed by atoms with Crippen molar-refractivity contribution in [2.75, 3.05) is 27.2 Å². The Morgan fingerprint density at radius 3 is 2.24 bits per heavy atom. The van der Waals surface area contributed by atoms with E-state index in [-0.39, 0.29) is 5.78 Å². The second-order valence-electron chi connectivity index (χ2n) is 8.13. The SMILES string of the molecule is CN(C)CC1CCC(COc2ncccc2C(=O)c2cccs2)CC1.O=C(O)C=CC(=O)O. The van der Waals surface area contributed by atoms with Crippen molar-refractivity contribution in [3.8, 4) is 5.88 Å². The number of thiophene rings is 1. The molecule has 9 heteroatoms. The second kappa shape index (κ2) is 13.5. The first kappa shape index (κ1) is 26.2. The predicted molar refractivity (Wildman–Crippen MR) is 126 cm³/mol. The smallest absolute Gasteiger partial charge is 0.328 e. The highest BCUT2D eigenvalue weighted by molar-refractivity contribution is 7.12. The second-order valence-corrected chi connectivity index (χ2v) is 9.08. The topological polar surface area (TPSA) is 117 Å². The van der Waals surface area contributed by atoms with Crippen LogP contribution in [0.4, 0.5) is 0 Å². The molecule has 0 spiro atoms. The Morgan fingerprint density at radius 1 is 1.06 bits per heavy atom. The average Bonchev–Trinajstić information content (AvgIpc) is 3.32. The van der Waals surface area contributed by atoms with Gasteiger partial charge in [0, 0.05) is 24.9 Å². The summed E-state index contributed by atoms with van der Waals surface area (Å²) >= 11 is 1.45. The maximum absolute atomic E-state index is 12.6. The summed E-state index contributed by atoms with van der Waals surface area (Å²) < 4.78 is 5.97. The quantitative estimate of drug-likeness (QED) is 0.416. The van der Waals surface area contributed by atoms with E-state index in [1.807, 2.05) is 17.5 Å². The largest absolute Gasteiger partial charge is 0.478 e. The molecule has 33 heavy (non-hydrogen) atoms. The number of ketones is 1. The molecule has 178 valence electrons. The number of rotatable bonds is 9. The van der Waals surface area contributed by atoms with Crippen LogP contribution < -0.4 is 4.74 Å². The van der Waals surface area contributed by atoms with Crippen molar-refractivity contribution in [2.45, 2.75) is 25.7 Å². The molecule has 8 nitrogen and oxygen atoms in total. The van der Waals surface area contributed by atoms with Gasteiger partial charge in [-0.1, -0.05) is 6.07 Å². The Balaban J connectivity index is 0.000000414. The van der Waals surface area contributed by atoms with Gasteiger partial charge in [-0.25, -0.2) is 14.6 Å². The van der Waals surface area contributed by atoms with Crippen LogP contribution in [0.3, 0.4) is 0 Å². The van der Waals surface area contributed by atoms with E-state index >= 15 is 0 Å². The molecule has 0 amide bonds. The van der Waals surface area contributed by atoms with Crippen LogP contribution in [-0.4, -0.2) is 65.1 Å². The van der Waals surface area contributed by atoms with E-state index in [2.05, 4.69) is 24.0 Å². The number of hydrogen-bond acceptors (Lipinski definition) is 7. The first-order chi connectivity index (χ1) is 15.8. The summed E-state index contributed by atoms with van der Waals surface area (Å²) in [5, 5.41) is 17.5. The number of carbonyl (C=O) groups is 3. The van der Waals surface area contributed by atoms with Gasteiger partial charge in [-0.3, -0.25) is 4.79 Å². The molecule has 2 heterocycles. The van der Waals surface area contributed by atoms with Crippen LogP contribution >= 0.6 is 11.3 Å². The molecule has 0 aliphatic heterocycles. The third kappa shape index (κ3) is 9.55. The number of ether oxygens (including phenoxy) is 1. The van der Waals surface area contributed by atoms with Gasteiger partial charge in [-0.05, 0) is 75.2 Å². The molecule has 1 aliphatic carbocycles. The maximum Gasteiger partial charge on any atom is 0.328 e. The first-order valence-electron chi connectivity index (χ1n) is 10.7. The lowest BCUT2D eigenvalue weighted by Crippen LogP contribution is -2.27. The molecule has 0 radical (unpaired) electrons. The van der Waals surface area contributed by atoms with Gasteiger partial charge in [0.05, 0.1) is 17.0 Å². The van der Waals surface area contributed by atoms with Gasteiger partial charge in [0.15, 0.2) is 0 Å². The zero-order chi connectivity index (χ0) is 24.2. The van der Waals surface area contributed by atoms with Crippen LogP contribution in [0.15, 0.2) is 48.0 Å². The number of carboxylic acid groups (broad SMARTS) is 2. The lowest BCUT2D eigenvalue weighted by Gasteiger charge is -2.30. The van der Waals surface area contributed by atoms with E-state index in [4.69, 9.17) is 14.9 Å². The molecule has 1 saturated carbocycles. The van der Waals surface area contributed by atoms with Gasteiger partial charge in [0.1, 0.15) is 0 Å². The Morgan fingerprint density at radius 2 is 1.70 bits per heavy atom. The minimum Gasteiger partial charge on any atom is -0.478 e. The summed E-state index contributed by atoms with van der Waals surface area (Å²) in [6.07, 6.45) is 7.71. The molecular weight excluding hydrogens is 444 g/mol. The maximum atomic E-state index is 12.6. The lowest BCUT2D eigenvalue weighted by atomic mass is 9.82. The van der Waals surface area contributed by atoms with Crippen LogP contribution in [-0.2, 0) is 9.59 Å². The van der Waals surface area contributed by atoms with E-state index in [0.29, 0.717) is 36.1 Å². The van der Waals surface area contributed by atoms with E-state index in [1.165, 1.54) is 43.6 Å². The fourth-order valence-electron chi connectivity index (χ4n) is 3.66. The molecule has 1 aliphatic rings. The normalized spacial score (nSPS) is 17.9. The van der Waals surface area contributed by atoms with Crippen molar-refractivity contribution >= 4 is 29.1 Å². The van der Waals surface area contributed by atoms with Gasteiger partial charge >= 0.3 is 11.9 Å². The van der Waals surface area contributed by atoms with Gasteiger partial charge in [0.2, 0.25) is 11.7 Å². The van der Waals surface area contributed by atoms with E-state index in [9.17, 15) is 14.4 Å². The summed E-state index contributed by atoms with van der Waals surface area (Å²) in [5.74, 6) is -0.689. The summed E-state index contributed by atoms with van der Waals surface area (Å²) in [6.45, 7) is 1.82. The fourth-order valence-corrected chi connectivity index (χ4v) is 4.33. The highest BCUT2D eigenvalue weighted by Gasteiger charge is 2.23. The molecule has 0 unspecified atom stereocenters. The molecule has 0 saturated heterocycles. The van der Waals surface area contributed by atoms with Crippen molar-refractivity contribution in [1.82, 2.24) is 9.88 Å². The number of carboxylic acids is 2. The third-order valence-electron chi connectivity index (χ3n) is 5.17. The zero-order valence-corrected chi connectivity index (χ0v) is 19.7. The average molecular weight is 475 g/mol. The minimum atomic E-state index is -1.26. The van der Waals surface area contributed by atoms with Crippen LogP contribution in [0.5, 0.6) is 5.88 Å². The van der Waals surface area contributed by atoms with Crippen LogP contribution in [0.1, 0.15) is 40.9 Å². The molecule has 2 aromatic heterocycles. The number of nitrogens with zero attached hydrogens (tertiary/aromatic N) is 2. The molecule has 2 aromatic rings. The summed E-state index contributed by atoms with van der Waals surface area (Å²) in [7, 11) is 4.28. The van der Waals surface area contributed by atoms with Gasteiger partial charge in [0.25, 0.3) is 0 Å². The van der Waals surface area contributed by atoms with Gasteiger partial charge < -0.3 is 19.8 Å². The number of hydrogen-bond donors (Lipinski definition) is 2. The molecule has 0 bridgehead atoms. The summed E-state index contributed by atoms with van der Waals surface area (Å²) in [5.41, 5.74) is 0.561. The van der Waals surface area contributed by atoms with E-state index in [0.717, 1.165) is 10.8 Å². The van der Waals surface area contributed by atoms with E-state index in [1.54, 1.807) is 18.3 Å². The van der Waals surface area contributed by atoms with Crippen molar-refractivity contribution in [3.05, 3.63) is 58.4 Å². The summed E-state index contributed by atoms with van der Waals surface area (Å²) in [4.78, 5) is 39.0. The minimum absolute atomic E-state index is 0.00667. The number of carbonyl (C=O) groups excluding carboxylic acids is 1. The van der Waals surface area contributed by atoms with Crippen LogP contribution in [0.2, 0.25) is 0 Å². The van der Waals surface area contributed by atoms with Gasteiger partial charge in [-0.2, -0.15) is 0 Å². The lowest BCUT2D eigenvalue weighted by molar-refractivity contribution is -0.134. The summed E-state index contributed by atoms with van der Waals surface area (Å²) in [6, 6.07) is 7.33. The molecular formula is C24H30N2O6S. The number of pyridine rings is 1. The van der Waals surface area contributed by atoms with Crippen LogP contribution in [0.25, 0.3) is 0 Å². The van der Waals surface area contributed by atoms with E-state index < -0.39 is 11.9 Å². The standard InChI is InChI=1S/C20H26N2O2S.C4H4O4/c1-22(2)13-15-7-9-16(10-8-15)14-24-20-17(5-3-11-21-20)19(23)18-6-4-12-25-18;5-3(6)1-2-4(7)8/h3-6,11-12,15-16H,7-10,13-14H2,1-2H3;1-2H,(H,5,6)(H,7,8). The highest BCUT2D eigenvalue weighted by atomic mass is 32.1. The Hall–Kier alpha value is -3.04. The number of aliphatic carboxylic acids is 2. The molecule has 1 fully saturated rings. The predicted octanol–water partition coefficient (Wildman–Crippen LogP) is 3.83. The molecule has 0 atom stereocenters. The fraction of sp³-hybridized carbons (Fsp3) is 0.417. The highest BCUT2D eigenvalue weighted by Crippen LogP contribution is 2.30. The Kier molecular flexibility index (Phi) is 10.7. The molecule has 2 N–H and O–H groups in total. The van der Waals surface area contributed by atoms with Crippen LogP contribution in [0, 0.1) is 11.8 Å². The Bertz CT molecular complexity index is 918. The monoisotopic (exact) mass is 474 g/mol. The van der Waals surface area contributed by atoms with Crippen molar-refractivity contribution in [3.63, 3.8) is 0 Å². The first-order valence-corrected chi connectivity index (χ1v) is 11.6. The zero-order valence-electron chi connectivity index (χ0n) is 18.8. The molecule has 0 aromatic carbocycles. The van der Waals surface area contributed by atoms with Crippen molar-refractivity contribution in [1.29, 1.82) is 0 Å². The van der Waals surface area contributed by atoms with Gasteiger partial charge in [-0.15, -0.1) is 11.3 Å².